The molecule has 1 amide bonds. The van der Waals surface area contributed by atoms with E-state index in [-0.39, 0.29) is 0 Å². The molecule has 0 heterocycles. The Bertz CT molecular complexity index is 567. The lowest BCUT2D eigenvalue weighted by Crippen LogP contribution is -2.25. The summed E-state index contributed by atoms with van der Waals surface area (Å²) in [6, 6.07) is 6.64. The van der Waals surface area contributed by atoms with Crippen LogP contribution < -0.4 is 5.32 Å². The number of rotatable bonds is 6. The molecular formula is C11H12BrNO5S. The van der Waals surface area contributed by atoms with Crippen molar-refractivity contribution in [3.8, 4) is 0 Å². The van der Waals surface area contributed by atoms with Crippen molar-refractivity contribution in [1.29, 1.82) is 0 Å². The molecule has 19 heavy (non-hydrogen) atoms. The van der Waals surface area contributed by atoms with Gasteiger partial charge < -0.3 is 10.4 Å². The summed E-state index contributed by atoms with van der Waals surface area (Å²) in [5.74, 6) is -3.17. The second-order valence-corrected chi connectivity index (χ2v) is 6.89. The van der Waals surface area contributed by atoms with Gasteiger partial charge in [-0.3, -0.25) is 9.59 Å². The van der Waals surface area contributed by atoms with Crippen molar-refractivity contribution in [2.75, 3.05) is 16.8 Å². The van der Waals surface area contributed by atoms with E-state index in [1.807, 2.05) is 0 Å². The second kappa shape index (κ2) is 6.67. The van der Waals surface area contributed by atoms with Crippen molar-refractivity contribution < 1.29 is 23.1 Å². The number of hydrogen-bond acceptors (Lipinski definition) is 4. The van der Waals surface area contributed by atoms with Crippen LogP contribution >= 0.6 is 15.9 Å². The van der Waals surface area contributed by atoms with Crippen LogP contribution in [0.25, 0.3) is 0 Å². The number of sulfone groups is 1. The highest BCUT2D eigenvalue weighted by atomic mass is 79.9. The maximum atomic E-state index is 11.5. The lowest BCUT2D eigenvalue weighted by atomic mass is 10.3. The molecule has 0 aliphatic heterocycles. The molecule has 0 unspecified atom stereocenters. The Morgan fingerprint density at radius 3 is 2.32 bits per heavy atom. The van der Waals surface area contributed by atoms with Crippen molar-refractivity contribution in [1.82, 2.24) is 0 Å². The van der Waals surface area contributed by atoms with Crippen LogP contribution in [-0.4, -0.2) is 36.9 Å². The Balaban J connectivity index is 2.55. The summed E-state index contributed by atoms with van der Waals surface area (Å²) in [4.78, 5) is 21.8. The molecule has 0 aromatic heterocycles. The SMILES string of the molecule is O=C(O)CCS(=O)(=O)CC(=O)Nc1ccc(Br)cc1. The van der Waals surface area contributed by atoms with Crippen LogP contribution in [-0.2, 0) is 19.4 Å². The summed E-state index contributed by atoms with van der Waals surface area (Å²) in [7, 11) is -3.71. The monoisotopic (exact) mass is 349 g/mol. The standard InChI is InChI=1S/C11H12BrNO5S/c12-8-1-3-9(4-2-8)13-10(14)7-19(17,18)6-5-11(15)16/h1-4H,5-7H2,(H,13,14)(H,15,16). The lowest BCUT2D eigenvalue weighted by molar-refractivity contribution is -0.136. The number of amides is 1. The van der Waals surface area contributed by atoms with Gasteiger partial charge in [0.05, 0.1) is 12.2 Å². The molecule has 0 bridgehead atoms. The number of halogens is 1. The van der Waals surface area contributed by atoms with E-state index in [4.69, 9.17) is 5.11 Å². The third-order valence-electron chi connectivity index (χ3n) is 2.11. The minimum atomic E-state index is -3.71. The van der Waals surface area contributed by atoms with Gasteiger partial charge in [-0.15, -0.1) is 0 Å². The van der Waals surface area contributed by atoms with E-state index in [1.54, 1.807) is 24.3 Å². The first kappa shape index (κ1) is 15.6. The Morgan fingerprint density at radius 2 is 1.79 bits per heavy atom. The molecule has 2 N–H and O–H groups in total. The van der Waals surface area contributed by atoms with E-state index in [0.29, 0.717) is 5.69 Å². The zero-order valence-corrected chi connectivity index (χ0v) is 12.2. The van der Waals surface area contributed by atoms with Crippen LogP contribution in [0.15, 0.2) is 28.7 Å². The summed E-state index contributed by atoms with van der Waals surface area (Å²) in [6.45, 7) is 0. The van der Waals surface area contributed by atoms with Crippen LogP contribution in [0.4, 0.5) is 5.69 Å². The predicted molar refractivity (Wildman–Crippen MR) is 73.7 cm³/mol. The molecule has 0 saturated carbocycles. The first-order valence-electron chi connectivity index (χ1n) is 5.26. The van der Waals surface area contributed by atoms with Gasteiger partial charge in [0.2, 0.25) is 5.91 Å². The summed E-state index contributed by atoms with van der Waals surface area (Å²) >= 11 is 3.23. The second-order valence-electron chi connectivity index (χ2n) is 3.79. The number of hydrogen-bond donors (Lipinski definition) is 2. The third kappa shape index (κ3) is 6.35. The van der Waals surface area contributed by atoms with Gasteiger partial charge in [-0.05, 0) is 24.3 Å². The van der Waals surface area contributed by atoms with Gasteiger partial charge >= 0.3 is 5.97 Å². The van der Waals surface area contributed by atoms with Crippen LogP contribution in [0.2, 0.25) is 0 Å². The molecule has 0 aliphatic rings. The number of carbonyl (C=O) groups is 2. The molecule has 8 heteroatoms. The summed E-state index contributed by atoms with van der Waals surface area (Å²) in [6.07, 6.45) is -0.506. The Hall–Kier alpha value is -1.41. The van der Waals surface area contributed by atoms with Crippen LogP contribution in [0.1, 0.15) is 6.42 Å². The van der Waals surface area contributed by atoms with Gasteiger partial charge in [-0.1, -0.05) is 15.9 Å². The topological polar surface area (TPSA) is 101 Å². The molecule has 0 radical (unpaired) electrons. The predicted octanol–water partition coefficient (Wildman–Crippen LogP) is 1.28. The van der Waals surface area contributed by atoms with Crippen molar-refractivity contribution >= 4 is 43.3 Å². The molecule has 6 nitrogen and oxygen atoms in total. The molecule has 1 aromatic rings. The van der Waals surface area contributed by atoms with Gasteiger partial charge in [0.1, 0.15) is 5.75 Å². The molecule has 1 rings (SSSR count). The minimum Gasteiger partial charge on any atom is -0.481 e. The van der Waals surface area contributed by atoms with E-state index in [9.17, 15) is 18.0 Å². The van der Waals surface area contributed by atoms with E-state index in [2.05, 4.69) is 21.2 Å². The number of nitrogens with one attached hydrogen (secondary N) is 1. The minimum absolute atomic E-state index is 0.474. The number of carboxylic acids is 1. The first-order chi connectivity index (χ1) is 8.78. The average molecular weight is 350 g/mol. The van der Waals surface area contributed by atoms with Crippen LogP contribution in [0, 0.1) is 0 Å². The van der Waals surface area contributed by atoms with Gasteiger partial charge in [-0.25, -0.2) is 8.42 Å². The van der Waals surface area contributed by atoms with Crippen molar-refractivity contribution in [2.24, 2.45) is 0 Å². The lowest BCUT2D eigenvalue weighted by Gasteiger charge is -2.05. The average Bonchev–Trinajstić information content (AvgIpc) is 2.29. The Morgan fingerprint density at radius 1 is 1.21 bits per heavy atom. The molecule has 0 saturated heterocycles. The van der Waals surface area contributed by atoms with Crippen LogP contribution in [0.3, 0.4) is 0 Å². The maximum Gasteiger partial charge on any atom is 0.304 e. The number of carboxylic acid groups (broad SMARTS) is 1. The molecular weight excluding hydrogens is 338 g/mol. The number of carbonyl (C=O) groups excluding carboxylic acids is 1. The smallest absolute Gasteiger partial charge is 0.304 e. The molecule has 0 atom stereocenters. The highest BCUT2D eigenvalue weighted by Crippen LogP contribution is 2.14. The summed E-state index contributed by atoms with van der Waals surface area (Å²) in [5.41, 5.74) is 0.474. The highest BCUT2D eigenvalue weighted by Gasteiger charge is 2.18. The van der Waals surface area contributed by atoms with Gasteiger partial charge in [-0.2, -0.15) is 0 Å². The zero-order chi connectivity index (χ0) is 14.5. The van der Waals surface area contributed by atoms with Gasteiger partial charge in [0.25, 0.3) is 0 Å². The normalized spacial score (nSPS) is 11.0. The fourth-order valence-electron chi connectivity index (χ4n) is 1.25. The molecule has 0 spiro atoms. The van der Waals surface area contributed by atoms with Gasteiger partial charge in [0, 0.05) is 10.2 Å². The molecule has 0 aliphatic carbocycles. The molecule has 104 valence electrons. The van der Waals surface area contributed by atoms with E-state index >= 15 is 0 Å². The fraction of sp³-hybridized carbons (Fsp3) is 0.273. The van der Waals surface area contributed by atoms with E-state index < -0.39 is 39.6 Å². The maximum absolute atomic E-state index is 11.5. The van der Waals surface area contributed by atoms with Gasteiger partial charge in [0.15, 0.2) is 9.84 Å². The Labute approximate surface area is 118 Å². The Kier molecular flexibility index (Phi) is 5.49. The number of aliphatic carboxylic acids is 1. The quantitative estimate of drug-likeness (QED) is 0.805. The third-order valence-corrected chi connectivity index (χ3v) is 4.16. The summed E-state index contributed by atoms with van der Waals surface area (Å²) in [5, 5.41) is 10.8. The first-order valence-corrected chi connectivity index (χ1v) is 7.87. The number of benzene rings is 1. The van der Waals surface area contributed by atoms with E-state index in [0.717, 1.165) is 4.47 Å². The van der Waals surface area contributed by atoms with Crippen molar-refractivity contribution in [2.45, 2.75) is 6.42 Å². The van der Waals surface area contributed by atoms with Crippen molar-refractivity contribution in [3.05, 3.63) is 28.7 Å². The number of anilines is 1. The van der Waals surface area contributed by atoms with E-state index in [1.165, 1.54) is 0 Å². The highest BCUT2D eigenvalue weighted by molar-refractivity contribution is 9.10. The fourth-order valence-corrected chi connectivity index (χ4v) is 2.61. The largest absolute Gasteiger partial charge is 0.481 e. The molecule has 1 aromatic carbocycles. The van der Waals surface area contributed by atoms with Crippen molar-refractivity contribution in [3.63, 3.8) is 0 Å². The molecule has 0 fully saturated rings. The van der Waals surface area contributed by atoms with Crippen LogP contribution in [0.5, 0.6) is 0 Å². The summed E-state index contributed by atoms with van der Waals surface area (Å²) < 4.78 is 23.7. The zero-order valence-electron chi connectivity index (χ0n) is 9.80.